The number of halogens is 1. The predicted molar refractivity (Wildman–Crippen MR) is 146 cm³/mol. The maximum absolute atomic E-state index is 14.0. The third-order valence-electron chi connectivity index (χ3n) is 6.84. The second-order valence-corrected chi connectivity index (χ2v) is 9.40. The Hall–Kier alpha value is -4.85. The number of carboxylic acid groups (broad SMARTS) is 1. The van der Waals surface area contributed by atoms with Crippen molar-refractivity contribution in [1.82, 2.24) is 4.90 Å². The standard InChI is InChI=1S/C32H28FNO6/c1-38-28-17-12-23-19-34(27(32(36)37)18-26(23)30(28)39-20-21-8-4-2-5-9-21)31(35)29(22-10-6-3-7-11-22)40-25-15-13-24(33)14-16-25/h2-17,27,29H,18-20H2,1H3,(H,36,37)/t27-,29+/m1/s1. The van der Waals surface area contributed by atoms with E-state index in [4.69, 9.17) is 14.2 Å². The molecule has 4 aromatic rings. The second kappa shape index (κ2) is 11.9. The molecule has 0 unspecified atom stereocenters. The van der Waals surface area contributed by atoms with E-state index in [-0.39, 0.29) is 25.3 Å². The Morgan fingerprint density at radius 3 is 2.27 bits per heavy atom. The van der Waals surface area contributed by atoms with Crippen LogP contribution in [0, 0.1) is 5.82 Å². The van der Waals surface area contributed by atoms with Crippen molar-refractivity contribution in [3.8, 4) is 17.2 Å². The van der Waals surface area contributed by atoms with Crippen molar-refractivity contribution >= 4 is 11.9 Å². The summed E-state index contributed by atoms with van der Waals surface area (Å²) in [5.74, 6) is -0.867. The molecule has 0 radical (unpaired) electrons. The monoisotopic (exact) mass is 541 g/mol. The van der Waals surface area contributed by atoms with Crippen molar-refractivity contribution < 1.29 is 33.3 Å². The highest BCUT2D eigenvalue weighted by molar-refractivity contribution is 5.88. The first-order valence-electron chi connectivity index (χ1n) is 12.8. The maximum atomic E-state index is 14.0. The van der Waals surface area contributed by atoms with Crippen LogP contribution in [0.2, 0.25) is 0 Å². The predicted octanol–water partition coefficient (Wildman–Crippen LogP) is 5.57. The van der Waals surface area contributed by atoms with Crippen LogP contribution in [-0.4, -0.2) is 35.0 Å². The molecule has 1 heterocycles. The zero-order valence-electron chi connectivity index (χ0n) is 21.8. The number of aliphatic carboxylic acids is 1. The first-order chi connectivity index (χ1) is 19.4. The van der Waals surface area contributed by atoms with Gasteiger partial charge in [0.2, 0.25) is 6.10 Å². The largest absolute Gasteiger partial charge is 0.493 e. The number of methoxy groups -OCH3 is 1. The summed E-state index contributed by atoms with van der Waals surface area (Å²) in [6.07, 6.45) is -1.11. The summed E-state index contributed by atoms with van der Waals surface area (Å²) in [4.78, 5) is 27.9. The van der Waals surface area contributed by atoms with Gasteiger partial charge in [0.1, 0.15) is 24.2 Å². The number of carbonyl (C=O) groups excluding carboxylic acids is 1. The molecular weight excluding hydrogens is 513 g/mol. The van der Waals surface area contributed by atoms with Crippen LogP contribution in [0.5, 0.6) is 17.2 Å². The van der Waals surface area contributed by atoms with Crippen molar-refractivity contribution in [2.45, 2.75) is 31.7 Å². The van der Waals surface area contributed by atoms with E-state index in [1.807, 2.05) is 42.5 Å². The number of carboxylic acids is 1. The van der Waals surface area contributed by atoms with E-state index in [1.165, 1.54) is 36.3 Å². The van der Waals surface area contributed by atoms with Gasteiger partial charge in [0.15, 0.2) is 11.5 Å². The molecule has 1 amide bonds. The van der Waals surface area contributed by atoms with Crippen LogP contribution in [-0.2, 0) is 29.2 Å². The minimum atomic E-state index is -1.17. The number of hydrogen-bond acceptors (Lipinski definition) is 5. The molecular formula is C32H28FNO6. The zero-order chi connectivity index (χ0) is 28.1. The van der Waals surface area contributed by atoms with Gasteiger partial charge in [-0.25, -0.2) is 9.18 Å². The van der Waals surface area contributed by atoms with Gasteiger partial charge < -0.3 is 24.2 Å². The molecule has 0 bridgehead atoms. The van der Waals surface area contributed by atoms with Crippen LogP contribution >= 0.6 is 0 Å². The van der Waals surface area contributed by atoms with E-state index in [2.05, 4.69) is 0 Å². The minimum Gasteiger partial charge on any atom is -0.493 e. The maximum Gasteiger partial charge on any atom is 0.326 e. The number of benzene rings is 4. The highest BCUT2D eigenvalue weighted by atomic mass is 19.1. The Balaban J connectivity index is 1.48. The molecule has 0 fully saturated rings. The molecule has 4 aromatic carbocycles. The molecule has 0 aromatic heterocycles. The van der Waals surface area contributed by atoms with Gasteiger partial charge in [-0.2, -0.15) is 0 Å². The van der Waals surface area contributed by atoms with E-state index >= 15 is 0 Å². The Morgan fingerprint density at radius 1 is 0.950 bits per heavy atom. The van der Waals surface area contributed by atoms with Crippen LogP contribution in [0.1, 0.15) is 28.4 Å². The SMILES string of the molecule is COc1ccc2c(c1OCc1ccccc1)C[C@H](C(=O)O)N(C(=O)[C@@H](Oc1ccc(F)cc1)c1ccccc1)C2. The number of amides is 1. The molecule has 0 saturated heterocycles. The van der Waals surface area contributed by atoms with Gasteiger partial charge >= 0.3 is 5.97 Å². The Morgan fingerprint density at radius 2 is 1.62 bits per heavy atom. The first kappa shape index (κ1) is 26.7. The Labute approximate surface area is 231 Å². The van der Waals surface area contributed by atoms with Gasteiger partial charge in [0, 0.05) is 24.1 Å². The zero-order valence-corrected chi connectivity index (χ0v) is 21.8. The Bertz CT molecular complexity index is 1480. The van der Waals surface area contributed by atoms with Crippen LogP contribution < -0.4 is 14.2 Å². The van der Waals surface area contributed by atoms with Crippen molar-refractivity contribution in [2.75, 3.05) is 7.11 Å². The lowest BCUT2D eigenvalue weighted by atomic mass is 9.91. The average Bonchev–Trinajstić information content (AvgIpc) is 2.99. The summed E-state index contributed by atoms with van der Waals surface area (Å²) in [5.41, 5.74) is 2.94. The second-order valence-electron chi connectivity index (χ2n) is 9.40. The van der Waals surface area contributed by atoms with Gasteiger partial charge in [-0.1, -0.05) is 66.7 Å². The molecule has 1 aliphatic heterocycles. The summed E-state index contributed by atoms with van der Waals surface area (Å²) in [5, 5.41) is 10.2. The van der Waals surface area contributed by atoms with Crippen LogP contribution in [0.15, 0.2) is 97.1 Å². The van der Waals surface area contributed by atoms with Crippen molar-refractivity contribution in [2.24, 2.45) is 0 Å². The summed E-state index contributed by atoms with van der Waals surface area (Å²) < 4.78 is 31.2. The lowest BCUT2D eigenvalue weighted by Crippen LogP contribution is -2.51. The summed E-state index contributed by atoms with van der Waals surface area (Å²) >= 11 is 0. The normalized spacial score (nSPS) is 15.1. The number of ether oxygens (including phenoxy) is 3. The first-order valence-corrected chi connectivity index (χ1v) is 12.8. The average molecular weight is 542 g/mol. The van der Waals surface area contributed by atoms with Gasteiger partial charge in [-0.05, 0) is 41.5 Å². The van der Waals surface area contributed by atoms with Crippen LogP contribution in [0.3, 0.4) is 0 Å². The van der Waals surface area contributed by atoms with Gasteiger partial charge in [0.05, 0.1) is 7.11 Å². The van der Waals surface area contributed by atoms with Crippen LogP contribution in [0.25, 0.3) is 0 Å². The molecule has 0 saturated carbocycles. The highest BCUT2D eigenvalue weighted by Gasteiger charge is 2.40. The number of carbonyl (C=O) groups is 2. The molecule has 0 spiro atoms. The third kappa shape index (κ3) is 5.76. The topological polar surface area (TPSA) is 85.3 Å². The van der Waals surface area contributed by atoms with E-state index in [1.54, 1.807) is 30.3 Å². The molecule has 0 aliphatic carbocycles. The molecule has 2 atom stereocenters. The molecule has 204 valence electrons. The number of nitrogens with zero attached hydrogens (tertiary/aromatic N) is 1. The summed E-state index contributed by atoms with van der Waals surface area (Å²) in [6.45, 7) is 0.308. The summed E-state index contributed by atoms with van der Waals surface area (Å²) in [6, 6.07) is 26.2. The van der Waals surface area contributed by atoms with E-state index in [0.717, 1.165) is 11.1 Å². The fourth-order valence-corrected chi connectivity index (χ4v) is 4.81. The molecule has 5 rings (SSSR count). The number of rotatable bonds is 9. The molecule has 7 nitrogen and oxygen atoms in total. The number of fused-ring (bicyclic) bond motifs is 1. The van der Waals surface area contributed by atoms with Crippen molar-refractivity contribution in [1.29, 1.82) is 0 Å². The smallest absolute Gasteiger partial charge is 0.326 e. The molecule has 1 aliphatic rings. The quantitative estimate of drug-likeness (QED) is 0.298. The van der Waals surface area contributed by atoms with E-state index < -0.39 is 29.8 Å². The highest BCUT2D eigenvalue weighted by Crippen LogP contribution is 2.40. The van der Waals surface area contributed by atoms with Gasteiger partial charge in [0.25, 0.3) is 5.91 Å². The van der Waals surface area contributed by atoms with Crippen molar-refractivity contribution in [3.63, 3.8) is 0 Å². The molecule has 40 heavy (non-hydrogen) atoms. The van der Waals surface area contributed by atoms with E-state index in [0.29, 0.717) is 22.6 Å². The molecule has 1 N–H and O–H groups in total. The lowest BCUT2D eigenvalue weighted by molar-refractivity contribution is -0.155. The lowest BCUT2D eigenvalue weighted by Gasteiger charge is -2.37. The third-order valence-corrected chi connectivity index (χ3v) is 6.84. The van der Waals surface area contributed by atoms with Crippen LogP contribution in [0.4, 0.5) is 4.39 Å². The van der Waals surface area contributed by atoms with E-state index in [9.17, 15) is 19.1 Å². The molecule has 8 heteroatoms. The summed E-state index contributed by atoms with van der Waals surface area (Å²) in [7, 11) is 1.53. The fourth-order valence-electron chi connectivity index (χ4n) is 4.81. The minimum absolute atomic E-state index is 0.0236. The van der Waals surface area contributed by atoms with Crippen molar-refractivity contribution in [3.05, 3.63) is 125 Å². The Kier molecular flexibility index (Phi) is 7.96. The van der Waals surface area contributed by atoms with Gasteiger partial charge in [-0.3, -0.25) is 4.79 Å². The fraction of sp³-hybridized carbons (Fsp3) is 0.188. The number of hydrogen-bond donors (Lipinski definition) is 1. The van der Waals surface area contributed by atoms with Gasteiger partial charge in [-0.15, -0.1) is 0 Å².